The third kappa shape index (κ3) is 3.19. The average Bonchev–Trinajstić information content (AvgIpc) is 2.70. The van der Waals surface area contributed by atoms with E-state index in [4.69, 9.17) is 4.74 Å². The molecule has 92 valence electrons. The zero-order chi connectivity index (χ0) is 11.4. The molecule has 2 saturated heterocycles. The number of nitrogens with one attached hydrogen (secondary N) is 2. The Hall–Kier alpha value is -0.610. The smallest absolute Gasteiger partial charge is 0.223 e. The third-order valence-corrected chi connectivity index (χ3v) is 3.59. The Kier molecular flexibility index (Phi) is 3.82. The normalized spacial score (nSPS) is 28.9. The van der Waals surface area contributed by atoms with Crippen LogP contribution in [0.1, 0.15) is 39.0 Å². The van der Waals surface area contributed by atoms with E-state index >= 15 is 0 Å². The molecule has 2 fully saturated rings. The minimum Gasteiger partial charge on any atom is -0.378 e. The lowest BCUT2D eigenvalue weighted by atomic mass is 9.90. The van der Waals surface area contributed by atoms with Crippen molar-refractivity contribution in [3.8, 4) is 0 Å². The summed E-state index contributed by atoms with van der Waals surface area (Å²) in [4.78, 5) is 11.9. The fourth-order valence-corrected chi connectivity index (χ4v) is 2.50. The molecule has 2 heterocycles. The van der Waals surface area contributed by atoms with Crippen LogP contribution in [0.25, 0.3) is 0 Å². The van der Waals surface area contributed by atoms with Gasteiger partial charge in [0.25, 0.3) is 0 Å². The van der Waals surface area contributed by atoms with Crippen molar-refractivity contribution in [3.05, 3.63) is 0 Å². The lowest BCUT2D eigenvalue weighted by Gasteiger charge is -2.35. The molecule has 0 aromatic heterocycles. The van der Waals surface area contributed by atoms with E-state index in [-0.39, 0.29) is 17.6 Å². The molecule has 2 N–H and O–H groups in total. The lowest BCUT2D eigenvalue weighted by Crippen LogP contribution is -2.52. The molecule has 0 aromatic carbocycles. The van der Waals surface area contributed by atoms with Gasteiger partial charge in [-0.1, -0.05) is 0 Å². The summed E-state index contributed by atoms with van der Waals surface area (Å²) < 4.78 is 5.47. The number of hydrogen-bond donors (Lipinski definition) is 2. The maximum atomic E-state index is 11.9. The minimum atomic E-state index is -0.0130. The average molecular weight is 226 g/mol. The maximum Gasteiger partial charge on any atom is 0.223 e. The van der Waals surface area contributed by atoms with Crippen molar-refractivity contribution >= 4 is 5.91 Å². The fourth-order valence-electron chi connectivity index (χ4n) is 2.50. The second-order valence-electron chi connectivity index (χ2n) is 5.20. The Morgan fingerprint density at radius 3 is 2.88 bits per heavy atom. The molecule has 0 saturated carbocycles. The van der Waals surface area contributed by atoms with E-state index in [2.05, 4.69) is 17.6 Å². The molecule has 4 heteroatoms. The van der Waals surface area contributed by atoms with Crippen molar-refractivity contribution in [1.82, 2.24) is 10.6 Å². The molecule has 1 unspecified atom stereocenters. The molecule has 0 radical (unpaired) electrons. The third-order valence-electron chi connectivity index (χ3n) is 3.59. The topological polar surface area (TPSA) is 50.4 Å². The van der Waals surface area contributed by atoms with Crippen molar-refractivity contribution in [1.29, 1.82) is 0 Å². The molecular formula is C12H22N2O2. The lowest BCUT2D eigenvalue weighted by molar-refractivity contribution is -0.125. The summed E-state index contributed by atoms with van der Waals surface area (Å²) in [5, 5.41) is 6.47. The number of carbonyl (C=O) groups excluding carboxylic acids is 1. The van der Waals surface area contributed by atoms with Crippen LogP contribution in [-0.2, 0) is 9.53 Å². The first-order valence-electron chi connectivity index (χ1n) is 6.31. The van der Waals surface area contributed by atoms with Gasteiger partial charge in [0.2, 0.25) is 5.91 Å². The molecule has 1 atom stereocenters. The van der Waals surface area contributed by atoms with Gasteiger partial charge in [-0.05, 0) is 45.7 Å². The van der Waals surface area contributed by atoms with Crippen LogP contribution in [0.4, 0.5) is 0 Å². The zero-order valence-electron chi connectivity index (χ0n) is 10.1. The van der Waals surface area contributed by atoms with Crippen molar-refractivity contribution in [3.63, 3.8) is 0 Å². The largest absolute Gasteiger partial charge is 0.378 e. The summed E-state index contributed by atoms with van der Waals surface area (Å²) in [7, 11) is 0. The van der Waals surface area contributed by atoms with Crippen LogP contribution in [0.3, 0.4) is 0 Å². The van der Waals surface area contributed by atoms with E-state index in [0.29, 0.717) is 6.42 Å². The van der Waals surface area contributed by atoms with Crippen molar-refractivity contribution in [2.75, 3.05) is 19.7 Å². The standard InChI is InChI=1S/C12H22N2O2/c1-12(4-6-13-7-5-12)14-11(15)9-10-3-2-8-16-10/h10,13H,2-9H2,1H3,(H,14,15). The molecule has 0 aromatic rings. The van der Waals surface area contributed by atoms with Gasteiger partial charge in [-0.15, -0.1) is 0 Å². The highest BCUT2D eigenvalue weighted by molar-refractivity contribution is 5.77. The molecule has 0 aliphatic carbocycles. The first kappa shape index (κ1) is 11.9. The van der Waals surface area contributed by atoms with E-state index in [0.717, 1.165) is 45.4 Å². The first-order valence-corrected chi connectivity index (χ1v) is 6.31. The van der Waals surface area contributed by atoms with Crippen LogP contribution >= 0.6 is 0 Å². The molecule has 2 rings (SSSR count). The van der Waals surface area contributed by atoms with E-state index in [9.17, 15) is 4.79 Å². The SMILES string of the molecule is CC1(NC(=O)CC2CCCO2)CCNCC1. The fraction of sp³-hybridized carbons (Fsp3) is 0.917. The van der Waals surface area contributed by atoms with Gasteiger partial charge >= 0.3 is 0 Å². The molecule has 0 bridgehead atoms. The number of amides is 1. The Morgan fingerprint density at radius 2 is 2.25 bits per heavy atom. The highest BCUT2D eigenvalue weighted by Gasteiger charge is 2.29. The molecule has 4 nitrogen and oxygen atoms in total. The van der Waals surface area contributed by atoms with Crippen LogP contribution in [0, 0.1) is 0 Å². The van der Waals surface area contributed by atoms with Crippen LogP contribution in [0.2, 0.25) is 0 Å². The molecule has 2 aliphatic heterocycles. The van der Waals surface area contributed by atoms with Crippen molar-refractivity contribution in [2.24, 2.45) is 0 Å². The van der Waals surface area contributed by atoms with Crippen molar-refractivity contribution in [2.45, 2.75) is 50.7 Å². The number of ether oxygens (including phenoxy) is 1. The minimum absolute atomic E-state index is 0.0130. The van der Waals surface area contributed by atoms with Gasteiger partial charge in [-0.3, -0.25) is 4.79 Å². The zero-order valence-corrected chi connectivity index (χ0v) is 10.1. The molecule has 0 spiro atoms. The van der Waals surface area contributed by atoms with Crippen LogP contribution in [0.5, 0.6) is 0 Å². The van der Waals surface area contributed by atoms with E-state index in [1.165, 1.54) is 0 Å². The second kappa shape index (κ2) is 5.15. The van der Waals surface area contributed by atoms with Gasteiger partial charge in [-0.25, -0.2) is 0 Å². The van der Waals surface area contributed by atoms with Crippen LogP contribution < -0.4 is 10.6 Å². The predicted molar refractivity (Wildman–Crippen MR) is 62.2 cm³/mol. The van der Waals surface area contributed by atoms with Gasteiger partial charge in [0, 0.05) is 12.1 Å². The highest BCUT2D eigenvalue weighted by atomic mass is 16.5. The van der Waals surface area contributed by atoms with Gasteiger partial charge in [0.15, 0.2) is 0 Å². The molecular weight excluding hydrogens is 204 g/mol. The highest BCUT2D eigenvalue weighted by Crippen LogP contribution is 2.19. The number of carbonyl (C=O) groups is 1. The molecule has 1 amide bonds. The Morgan fingerprint density at radius 1 is 1.50 bits per heavy atom. The van der Waals surface area contributed by atoms with Gasteiger partial charge in [0.1, 0.15) is 0 Å². The number of hydrogen-bond acceptors (Lipinski definition) is 3. The molecule has 16 heavy (non-hydrogen) atoms. The molecule has 2 aliphatic rings. The number of piperidine rings is 1. The summed E-state index contributed by atoms with van der Waals surface area (Å²) >= 11 is 0. The van der Waals surface area contributed by atoms with Gasteiger partial charge < -0.3 is 15.4 Å². The Labute approximate surface area is 97.1 Å². The van der Waals surface area contributed by atoms with E-state index < -0.39 is 0 Å². The maximum absolute atomic E-state index is 11.9. The summed E-state index contributed by atoms with van der Waals surface area (Å²) in [5.41, 5.74) is -0.0130. The Bertz CT molecular complexity index is 243. The summed E-state index contributed by atoms with van der Waals surface area (Å²) in [6.07, 6.45) is 4.85. The monoisotopic (exact) mass is 226 g/mol. The van der Waals surface area contributed by atoms with E-state index in [1.807, 2.05) is 0 Å². The number of rotatable bonds is 3. The van der Waals surface area contributed by atoms with Gasteiger partial charge in [0.05, 0.1) is 12.5 Å². The summed E-state index contributed by atoms with van der Waals surface area (Å²) in [6, 6.07) is 0. The quantitative estimate of drug-likeness (QED) is 0.749. The van der Waals surface area contributed by atoms with Crippen LogP contribution in [-0.4, -0.2) is 37.2 Å². The summed E-state index contributed by atoms with van der Waals surface area (Å²) in [6.45, 7) is 4.95. The first-order chi connectivity index (χ1) is 7.68. The van der Waals surface area contributed by atoms with Crippen molar-refractivity contribution < 1.29 is 9.53 Å². The second-order valence-corrected chi connectivity index (χ2v) is 5.20. The predicted octanol–water partition coefficient (Wildman–Crippen LogP) is 0.814. The summed E-state index contributed by atoms with van der Waals surface area (Å²) in [5.74, 6) is 0.149. The van der Waals surface area contributed by atoms with Crippen LogP contribution in [0.15, 0.2) is 0 Å². The van der Waals surface area contributed by atoms with E-state index in [1.54, 1.807) is 0 Å². The van der Waals surface area contributed by atoms with Gasteiger partial charge in [-0.2, -0.15) is 0 Å². The Balaban J connectivity index is 1.76.